The Hall–Kier alpha value is -2.39. The molecule has 0 spiro atoms. The van der Waals surface area contributed by atoms with Gasteiger partial charge in [0.05, 0.1) is 5.39 Å². The summed E-state index contributed by atoms with van der Waals surface area (Å²) in [7, 11) is 0. The average molecular weight is 374 g/mol. The first-order chi connectivity index (χ1) is 12.0. The molecule has 128 valence electrons. The van der Waals surface area contributed by atoms with E-state index in [1.165, 1.54) is 17.5 Å². The lowest BCUT2D eigenvalue weighted by Gasteiger charge is -2.37. The van der Waals surface area contributed by atoms with Crippen molar-refractivity contribution in [3.8, 4) is 5.13 Å². The number of pyridine rings is 2. The molecular weight excluding hydrogens is 360 g/mol. The number of rotatable bonds is 3. The third-order valence-corrected chi connectivity index (χ3v) is 5.28. The zero-order chi connectivity index (χ0) is 17.7. The van der Waals surface area contributed by atoms with Crippen LogP contribution in [-0.4, -0.2) is 44.0 Å². The third kappa shape index (κ3) is 2.59. The number of aryl methyl sites for hydroxylation is 1. The summed E-state index contributed by atoms with van der Waals surface area (Å²) in [5.41, 5.74) is 0.297. The molecule has 0 aliphatic carbocycles. The number of aromatic carboxylic acids is 1. The monoisotopic (exact) mass is 374 g/mol. The Kier molecular flexibility index (Phi) is 3.77. The fourth-order valence-corrected chi connectivity index (χ4v) is 3.93. The van der Waals surface area contributed by atoms with Gasteiger partial charge in [0, 0.05) is 36.1 Å². The first-order valence-corrected chi connectivity index (χ1v) is 8.98. The smallest absolute Gasteiger partial charge is 0.341 e. The van der Waals surface area contributed by atoms with E-state index >= 15 is 0 Å². The predicted molar refractivity (Wildman–Crippen MR) is 99.7 cm³/mol. The van der Waals surface area contributed by atoms with E-state index in [1.54, 1.807) is 23.1 Å². The van der Waals surface area contributed by atoms with Gasteiger partial charge in [0.2, 0.25) is 5.43 Å². The molecule has 4 rings (SSSR count). The van der Waals surface area contributed by atoms with Crippen molar-refractivity contribution in [3.63, 3.8) is 0 Å². The van der Waals surface area contributed by atoms with E-state index in [-0.39, 0.29) is 5.56 Å². The normalized spacial score (nSPS) is 14.7. The van der Waals surface area contributed by atoms with Gasteiger partial charge >= 0.3 is 5.97 Å². The van der Waals surface area contributed by atoms with Gasteiger partial charge in [-0.1, -0.05) is 0 Å². The Morgan fingerprint density at radius 2 is 2.20 bits per heavy atom. The Morgan fingerprint density at radius 3 is 2.80 bits per heavy atom. The molecule has 1 aliphatic heterocycles. The van der Waals surface area contributed by atoms with Crippen LogP contribution in [0.25, 0.3) is 16.2 Å². The van der Waals surface area contributed by atoms with E-state index < -0.39 is 11.4 Å². The molecule has 0 atom stereocenters. The van der Waals surface area contributed by atoms with Crippen molar-refractivity contribution in [2.24, 2.45) is 0 Å². The third-order valence-electron chi connectivity index (χ3n) is 4.18. The molecule has 0 aromatic carbocycles. The summed E-state index contributed by atoms with van der Waals surface area (Å²) in [4.78, 5) is 35.1. The second-order valence-electron chi connectivity index (χ2n) is 5.92. The van der Waals surface area contributed by atoms with Gasteiger partial charge in [-0.25, -0.2) is 14.8 Å². The fraction of sp³-hybridized carbons (Fsp3) is 0.250. The fourth-order valence-electron chi connectivity index (χ4n) is 2.91. The van der Waals surface area contributed by atoms with Crippen LogP contribution >= 0.6 is 24.0 Å². The van der Waals surface area contributed by atoms with E-state index in [0.717, 1.165) is 18.9 Å². The van der Waals surface area contributed by atoms with Crippen molar-refractivity contribution in [1.29, 1.82) is 0 Å². The summed E-state index contributed by atoms with van der Waals surface area (Å²) in [5, 5.41) is 12.4. The Bertz CT molecular complexity index is 1040. The average Bonchev–Trinajstić information content (AvgIpc) is 3.05. The van der Waals surface area contributed by atoms with Crippen LogP contribution in [0.1, 0.15) is 15.9 Å². The molecule has 3 aromatic rings. The van der Waals surface area contributed by atoms with Crippen LogP contribution in [0.3, 0.4) is 0 Å². The van der Waals surface area contributed by atoms with Crippen molar-refractivity contribution >= 4 is 46.8 Å². The maximum atomic E-state index is 12.7. The summed E-state index contributed by atoms with van der Waals surface area (Å²) in [6.45, 7) is 3.37. The lowest BCUT2D eigenvalue weighted by molar-refractivity contribution is 0.0695. The van der Waals surface area contributed by atoms with Crippen molar-refractivity contribution in [3.05, 3.63) is 45.2 Å². The van der Waals surface area contributed by atoms with Gasteiger partial charge in [-0.15, -0.1) is 11.3 Å². The minimum atomic E-state index is -1.26. The number of hydrogen-bond donors (Lipinski definition) is 2. The van der Waals surface area contributed by atoms with Crippen LogP contribution in [0.15, 0.2) is 28.6 Å². The number of nitrogens with zero attached hydrogens (tertiary/aromatic N) is 4. The maximum Gasteiger partial charge on any atom is 0.341 e. The summed E-state index contributed by atoms with van der Waals surface area (Å²) in [5.74, 6) is -0.510. The molecule has 1 saturated heterocycles. The standard InChI is InChI=1S/C16H14N4O3S2/c1-8-4-11(19-5-9(24)6-19)18-14-12(8)13(21)10(15(22)23)7-20(14)16-17-2-3-25-16/h2-4,7,9,24H,5-6H2,1H3,(H,22,23). The highest BCUT2D eigenvalue weighted by atomic mass is 32.1. The number of hydrogen-bond acceptors (Lipinski definition) is 7. The van der Waals surface area contributed by atoms with Crippen LogP contribution in [0.4, 0.5) is 5.82 Å². The summed E-state index contributed by atoms with van der Waals surface area (Å²) in [6, 6.07) is 1.82. The van der Waals surface area contributed by atoms with Crippen LogP contribution in [0.2, 0.25) is 0 Å². The zero-order valence-corrected chi connectivity index (χ0v) is 14.9. The van der Waals surface area contributed by atoms with Gasteiger partial charge in [-0.05, 0) is 18.6 Å². The largest absolute Gasteiger partial charge is 0.477 e. The minimum Gasteiger partial charge on any atom is -0.477 e. The molecule has 25 heavy (non-hydrogen) atoms. The van der Waals surface area contributed by atoms with Crippen molar-refractivity contribution in [2.75, 3.05) is 18.0 Å². The SMILES string of the molecule is Cc1cc(N2CC(S)C2)nc2c1c(=O)c(C(=O)O)cn2-c1nccs1. The highest BCUT2D eigenvalue weighted by Gasteiger charge is 2.26. The van der Waals surface area contributed by atoms with Crippen molar-refractivity contribution in [2.45, 2.75) is 12.2 Å². The summed E-state index contributed by atoms with van der Waals surface area (Å²) in [6.07, 6.45) is 2.93. The van der Waals surface area contributed by atoms with Crippen LogP contribution in [0, 0.1) is 6.92 Å². The van der Waals surface area contributed by atoms with Gasteiger partial charge < -0.3 is 10.0 Å². The maximum absolute atomic E-state index is 12.7. The Balaban J connectivity index is 2.04. The molecule has 0 amide bonds. The van der Waals surface area contributed by atoms with Gasteiger partial charge in [0.1, 0.15) is 11.4 Å². The van der Waals surface area contributed by atoms with E-state index in [4.69, 9.17) is 0 Å². The number of thiazole rings is 1. The lowest BCUT2D eigenvalue weighted by Crippen LogP contribution is -2.48. The van der Waals surface area contributed by atoms with E-state index in [2.05, 4.69) is 27.5 Å². The number of anilines is 1. The van der Waals surface area contributed by atoms with Crippen LogP contribution in [-0.2, 0) is 0 Å². The molecule has 0 unspecified atom stereocenters. The predicted octanol–water partition coefficient (Wildman–Crippen LogP) is 1.97. The lowest BCUT2D eigenvalue weighted by atomic mass is 10.1. The number of carboxylic acids is 1. The molecule has 7 nitrogen and oxygen atoms in total. The molecule has 3 aromatic heterocycles. The number of thiol groups is 1. The molecule has 9 heteroatoms. The van der Waals surface area contributed by atoms with E-state index in [1.807, 2.05) is 6.07 Å². The molecule has 0 saturated carbocycles. The van der Waals surface area contributed by atoms with Crippen LogP contribution < -0.4 is 10.3 Å². The van der Waals surface area contributed by atoms with Gasteiger partial charge in [-0.3, -0.25) is 9.36 Å². The molecule has 4 heterocycles. The molecular formula is C16H14N4O3S2. The summed E-state index contributed by atoms with van der Waals surface area (Å²) < 4.78 is 1.58. The van der Waals surface area contributed by atoms with E-state index in [0.29, 0.717) is 27.0 Å². The number of carbonyl (C=O) groups is 1. The molecule has 1 fully saturated rings. The van der Waals surface area contributed by atoms with Gasteiger partial charge in [0.25, 0.3) is 0 Å². The number of fused-ring (bicyclic) bond motifs is 1. The van der Waals surface area contributed by atoms with Crippen molar-refractivity contribution in [1.82, 2.24) is 14.5 Å². The topological polar surface area (TPSA) is 88.3 Å². The molecule has 0 bridgehead atoms. The molecule has 0 radical (unpaired) electrons. The van der Waals surface area contributed by atoms with Gasteiger partial charge in [0.15, 0.2) is 10.8 Å². The molecule has 1 aliphatic rings. The van der Waals surface area contributed by atoms with Gasteiger partial charge in [-0.2, -0.15) is 12.6 Å². The van der Waals surface area contributed by atoms with Crippen molar-refractivity contribution < 1.29 is 9.90 Å². The molecule has 1 N–H and O–H groups in total. The first kappa shape index (κ1) is 16.1. The highest BCUT2D eigenvalue weighted by molar-refractivity contribution is 7.81. The number of carboxylic acid groups (broad SMARTS) is 1. The Labute approximate surface area is 152 Å². The first-order valence-electron chi connectivity index (χ1n) is 7.59. The quantitative estimate of drug-likeness (QED) is 0.682. The second-order valence-corrected chi connectivity index (χ2v) is 7.52. The second kappa shape index (κ2) is 5.85. The van der Waals surface area contributed by atoms with E-state index in [9.17, 15) is 14.7 Å². The Morgan fingerprint density at radius 1 is 1.44 bits per heavy atom. The highest BCUT2D eigenvalue weighted by Crippen LogP contribution is 2.27. The number of aromatic nitrogens is 3. The minimum absolute atomic E-state index is 0.292. The van der Waals surface area contributed by atoms with Crippen LogP contribution in [0.5, 0.6) is 0 Å². The summed E-state index contributed by atoms with van der Waals surface area (Å²) >= 11 is 5.77. The zero-order valence-electron chi connectivity index (χ0n) is 13.2.